The van der Waals surface area contributed by atoms with Crippen molar-refractivity contribution in [2.24, 2.45) is 17.8 Å². The maximum atomic E-state index is 14.2. The highest BCUT2D eigenvalue weighted by Gasteiger charge is 2.41. The maximum absolute atomic E-state index is 14.2. The highest BCUT2D eigenvalue weighted by molar-refractivity contribution is 5.73. The number of halogens is 1. The van der Waals surface area contributed by atoms with Gasteiger partial charge in [0.1, 0.15) is 11.9 Å². The second-order valence-corrected chi connectivity index (χ2v) is 12.2. The molecule has 0 aromatic heterocycles. The Bertz CT molecular complexity index is 1150. The fourth-order valence-corrected chi connectivity index (χ4v) is 7.11. The van der Waals surface area contributed by atoms with E-state index in [0.717, 1.165) is 68.9 Å². The van der Waals surface area contributed by atoms with Gasteiger partial charge in [0.25, 0.3) is 0 Å². The Morgan fingerprint density at radius 3 is 2.54 bits per heavy atom. The molecule has 3 aliphatic rings. The molecule has 0 unspecified atom stereocenters. The SMILES string of the molecule is C#Cc1cccc(CCCC2CCN(C[C@H]3CN([C@H](CC4CCC4)C(=O)O)C[C@@H]3c3cccc(F)c3)CC2)c1. The van der Waals surface area contributed by atoms with E-state index in [2.05, 4.69) is 33.9 Å². The zero-order valence-electron chi connectivity index (χ0n) is 23.1. The van der Waals surface area contributed by atoms with Gasteiger partial charge in [-0.2, -0.15) is 0 Å². The molecule has 3 atom stereocenters. The average Bonchev–Trinajstić information content (AvgIpc) is 3.32. The average molecular weight is 531 g/mol. The maximum Gasteiger partial charge on any atom is 0.320 e. The fourth-order valence-electron chi connectivity index (χ4n) is 7.11. The molecule has 1 saturated carbocycles. The van der Waals surface area contributed by atoms with Gasteiger partial charge in [-0.05, 0) is 98.3 Å². The number of rotatable bonds is 11. The van der Waals surface area contributed by atoms with Gasteiger partial charge in [0.15, 0.2) is 0 Å². The molecule has 2 aliphatic heterocycles. The second kappa shape index (κ2) is 13.1. The van der Waals surface area contributed by atoms with Gasteiger partial charge in [-0.25, -0.2) is 4.39 Å². The molecule has 2 aromatic rings. The second-order valence-electron chi connectivity index (χ2n) is 12.2. The van der Waals surface area contributed by atoms with Crippen LogP contribution < -0.4 is 0 Å². The number of carboxylic acid groups (broad SMARTS) is 1. The molecule has 0 amide bonds. The third kappa shape index (κ3) is 7.29. The van der Waals surface area contributed by atoms with E-state index >= 15 is 0 Å². The largest absolute Gasteiger partial charge is 0.480 e. The molecule has 5 rings (SSSR count). The smallest absolute Gasteiger partial charge is 0.320 e. The van der Waals surface area contributed by atoms with E-state index in [9.17, 15) is 14.3 Å². The first kappa shape index (κ1) is 27.9. The van der Waals surface area contributed by atoms with Crippen molar-refractivity contribution in [2.45, 2.75) is 69.7 Å². The molecule has 4 nitrogen and oxygen atoms in total. The van der Waals surface area contributed by atoms with Crippen molar-refractivity contribution in [3.8, 4) is 12.3 Å². The predicted molar refractivity (Wildman–Crippen MR) is 154 cm³/mol. The van der Waals surface area contributed by atoms with E-state index in [4.69, 9.17) is 6.42 Å². The van der Waals surface area contributed by atoms with Gasteiger partial charge in [0.05, 0.1) is 0 Å². The number of carboxylic acids is 1. The van der Waals surface area contributed by atoms with Crippen molar-refractivity contribution in [1.29, 1.82) is 0 Å². The van der Waals surface area contributed by atoms with Crippen LogP contribution in [0.25, 0.3) is 0 Å². The zero-order chi connectivity index (χ0) is 27.2. The van der Waals surface area contributed by atoms with Crippen molar-refractivity contribution < 1.29 is 14.3 Å². The predicted octanol–water partition coefficient (Wildman–Crippen LogP) is 6.20. The first-order chi connectivity index (χ1) is 19.0. The van der Waals surface area contributed by atoms with Gasteiger partial charge >= 0.3 is 5.97 Å². The van der Waals surface area contributed by atoms with Gasteiger partial charge in [-0.15, -0.1) is 6.42 Å². The quantitative estimate of drug-likeness (QED) is 0.351. The molecule has 0 spiro atoms. The molecule has 1 aliphatic carbocycles. The Morgan fingerprint density at radius 1 is 1.05 bits per heavy atom. The number of aliphatic carboxylic acids is 1. The van der Waals surface area contributed by atoms with Gasteiger partial charge < -0.3 is 10.0 Å². The summed E-state index contributed by atoms with van der Waals surface area (Å²) in [7, 11) is 0. The van der Waals surface area contributed by atoms with Crippen LogP contribution in [0.3, 0.4) is 0 Å². The standard InChI is InChI=1S/C34H43FN2O2/c1-2-25-7-3-9-27(19-25)10-4-8-26-15-17-36(18-16-26)22-30-23-37(33(34(38)39)20-28-11-5-12-28)24-32(30)29-13-6-14-31(35)21-29/h1,3,6-7,9,13-14,19,21,26,28,30,32-33H,4-5,8,10-12,15-18,20,22-24H2,(H,38,39)/t30-,32+,33+/m0/s1. The summed E-state index contributed by atoms with van der Waals surface area (Å²) < 4.78 is 14.2. The summed E-state index contributed by atoms with van der Waals surface area (Å²) in [5.41, 5.74) is 3.30. The van der Waals surface area contributed by atoms with Crippen LogP contribution in [0.4, 0.5) is 4.39 Å². The van der Waals surface area contributed by atoms with Gasteiger partial charge in [-0.1, -0.05) is 55.9 Å². The minimum absolute atomic E-state index is 0.167. The Kier molecular flexibility index (Phi) is 9.37. The van der Waals surface area contributed by atoms with Crippen LogP contribution in [0.1, 0.15) is 74.0 Å². The normalized spacial score (nSPS) is 23.8. The van der Waals surface area contributed by atoms with Crippen molar-refractivity contribution in [3.05, 3.63) is 71.0 Å². The van der Waals surface area contributed by atoms with Crippen LogP contribution in [0, 0.1) is 35.9 Å². The Balaban J connectivity index is 1.16. The first-order valence-corrected chi connectivity index (χ1v) is 15.0. The van der Waals surface area contributed by atoms with Crippen LogP contribution >= 0.6 is 0 Å². The lowest BCUT2D eigenvalue weighted by Gasteiger charge is -2.35. The summed E-state index contributed by atoms with van der Waals surface area (Å²) in [5, 5.41) is 10.1. The molecular weight excluding hydrogens is 487 g/mol. The lowest BCUT2D eigenvalue weighted by molar-refractivity contribution is -0.144. The molecular formula is C34H43FN2O2. The Morgan fingerprint density at radius 2 is 1.85 bits per heavy atom. The van der Waals surface area contributed by atoms with E-state index in [1.54, 1.807) is 12.1 Å². The van der Waals surface area contributed by atoms with E-state index < -0.39 is 12.0 Å². The highest BCUT2D eigenvalue weighted by atomic mass is 19.1. The summed E-state index contributed by atoms with van der Waals surface area (Å²) in [5.74, 6) is 3.60. The lowest BCUT2D eigenvalue weighted by atomic mass is 9.80. The third-order valence-electron chi connectivity index (χ3n) is 9.62. The van der Waals surface area contributed by atoms with Crippen molar-refractivity contribution >= 4 is 5.97 Å². The van der Waals surface area contributed by atoms with Gasteiger partial charge in [0, 0.05) is 31.1 Å². The number of likely N-dealkylation sites (tertiary alicyclic amines) is 2. The molecule has 5 heteroatoms. The molecule has 39 heavy (non-hydrogen) atoms. The molecule has 0 radical (unpaired) electrons. The summed E-state index contributed by atoms with van der Waals surface area (Å²) >= 11 is 0. The number of hydrogen-bond donors (Lipinski definition) is 1. The van der Waals surface area contributed by atoms with E-state index in [0.29, 0.717) is 18.4 Å². The van der Waals surface area contributed by atoms with Gasteiger partial charge in [-0.3, -0.25) is 9.69 Å². The summed E-state index contributed by atoms with van der Waals surface area (Å²) in [4.78, 5) is 17.1. The molecule has 0 bridgehead atoms. The minimum atomic E-state index is -0.702. The van der Waals surface area contributed by atoms with Crippen LogP contribution in [-0.4, -0.2) is 59.6 Å². The van der Waals surface area contributed by atoms with Crippen LogP contribution in [0.5, 0.6) is 0 Å². The van der Waals surface area contributed by atoms with Crippen LogP contribution in [-0.2, 0) is 11.2 Å². The number of aryl methyl sites for hydroxylation is 1. The summed E-state index contributed by atoms with van der Waals surface area (Å²) in [6.07, 6.45) is 15.8. The monoisotopic (exact) mass is 530 g/mol. The first-order valence-electron chi connectivity index (χ1n) is 15.0. The molecule has 2 saturated heterocycles. The molecule has 2 aromatic carbocycles. The van der Waals surface area contributed by atoms with Crippen LogP contribution in [0.15, 0.2) is 48.5 Å². The Hall–Kier alpha value is -2.68. The van der Waals surface area contributed by atoms with Crippen molar-refractivity contribution in [1.82, 2.24) is 9.80 Å². The van der Waals surface area contributed by atoms with Gasteiger partial charge in [0.2, 0.25) is 0 Å². The summed E-state index contributed by atoms with van der Waals surface area (Å²) in [6.45, 7) is 4.62. The minimum Gasteiger partial charge on any atom is -0.480 e. The third-order valence-corrected chi connectivity index (χ3v) is 9.62. The lowest BCUT2D eigenvalue weighted by Crippen LogP contribution is -2.43. The van der Waals surface area contributed by atoms with E-state index in [1.807, 2.05) is 12.1 Å². The highest BCUT2D eigenvalue weighted by Crippen LogP contribution is 2.38. The van der Waals surface area contributed by atoms with E-state index in [1.165, 1.54) is 43.7 Å². The number of terminal acetylenes is 1. The fraction of sp³-hybridized carbons (Fsp3) is 0.559. The Labute approximate surface area is 233 Å². The van der Waals surface area contributed by atoms with Crippen LogP contribution in [0.2, 0.25) is 0 Å². The molecule has 3 fully saturated rings. The number of carbonyl (C=O) groups is 1. The van der Waals surface area contributed by atoms with E-state index in [-0.39, 0.29) is 11.7 Å². The topological polar surface area (TPSA) is 43.8 Å². The number of hydrogen-bond acceptors (Lipinski definition) is 3. The van der Waals surface area contributed by atoms with Crippen molar-refractivity contribution in [3.63, 3.8) is 0 Å². The van der Waals surface area contributed by atoms with Crippen molar-refractivity contribution in [2.75, 3.05) is 32.7 Å². The zero-order valence-corrected chi connectivity index (χ0v) is 23.1. The number of benzene rings is 2. The molecule has 2 heterocycles. The number of nitrogens with zero attached hydrogens (tertiary/aromatic N) is 2. The molecule has 208 valence electrons. The number of piperidine rings is 1. The summed E-state index contributed by atoms with van der Waals surface area (Å²) in [6, 6.07) is 14.9. The molecule has 1 N–H and O–H groups in total.